The van der Waals surface area contributed by atoms with Crippen molar-refractivity contribution in [3.8, 4) is 0 Å². The quantitative estimate of drug-likeness (QED) is 0.773. The molecule has 2 saturated heterocycles. The Morgan fingerprint density at radius 2 is 2.32 bits per heavy atom. The molecule has 0 radical (unpaired) electrons. The van der Waals surface area contributed by atoms with Crippen LogP contribution in [0.3, 0.4) is 0 Å². The van der Waals surface area contributed by atoms with E-state index in [4.69, 9.17) is 9.47 Å². The largest absolute Gasteiger partial charge is 0.376 e. The van der Waals surface area contributed by atoms with Gasteiger partial charge in [-0.25, -0.2) is 0 Å². The summed E-state index contributed by atoms with van der Waals surface area (Å²) in [6.07, 6.45) is 4.67. The van der Waals surface area contributed by atoms with Crippen molar-refractivity contribution in [1.29, 1.82) is 0 Å². The SMILES string of the molecule is O=C(NCC1COCCO1)[C@@]12CCCC[C@H]1CNC2. The summed E-state index contributed by atoms with van der Waals surface area (Å²) in [6, 6.07) is 0. The van der Waals surface area contributed by atoms with Crippen LogP contribution in [0.25, 0.3) is 0 Å². The minimum Gasteiger partial charge on any atom is -0.376 e. The number of carbonyl (C=O) groups is 1. The van der Waals surface area contributed by atoms with Crippen molar-refractivity contribution in [3.05, 3.63) is 0 Å². The third kappa shape index (κ3) is 2.64. The topological polar surface area (TPSA) is 59.6 Å². The summed E-state index contributed by atoms with van der Waals surface area (Å²) in [5.74, 6) is 0.737. The average Bonchev–Trinajstić information content (AvgIpc) is 2.91. The predicted octanol–water partition coefficient (Wildman–Crippen LogP) is 0.298. The normalized spacial score (nSPS) is 38.7. The van der Waals surface area contributed by atoms with Crippen molar-refractivity contribution in [2.24, 2.45) is 11.3 Å². The van der Waals surface area contributed by atoms with Gasteiger partial charge in [-0.1, -0.05) is 12.8 Å². The second-order valence-corrected chi connectivity index (χ2v) is 6.01. The van der Waals surface area contributed by atoms with Gasteiger partial charge >= 0.3 is 0 Å². The maximum absolute atomic E-state index is 12.6. The second kappa shape index (κ2) is 5.77. The third-order valence-electron chi connectivity index (χ3n) is 4.87. The lowest BCUT2D eigenvalue weighted by Crippen LogP contribution is -2.50. The molecule has 5 nitrogen and oxygen atoms in total. The van der Waals surface area contributed by atoms with Gasteiger partial charge in [-0.15, -0.1) is 0 Å². The first-order chi connectivity index (χ1) is 9.31. The Hall–Kier alpha value is -0.650. The highest BCUT2D eigenvalue weighted by Gasteiger charge is 2.49. The van der Waals surface area contributed by atoms with E-state index < -0.39 is 0 Å². The van der Waals surface area contributed by atoms with Crippen LogP contribution < -0.4 is 10.6 Å². The lowest BCUT2D eigenvalue weighted by molar-refractivity contribution is -0.136. The first-order valence-corrected chi connectivity index (χ1v) is 7.50. The smallest absolute Gasteiger partial charge is 0.227 e. The molecule has 3 atom stereocenters. The molecular weight excluding hydrogens is 244 g/mol. The lowest BCUT2D eigenvalue weighted by atomic mass is 9.67. The molecule has 0 aromatic carbocycles. The van der Waals surface area contributed by atoms with Gasteiger partial charge in [0.1, 0.15) is 0 Å². The highest BCUT2D eigenvalue weighted by Crippen LogP contribution is 2.43. The average molecular weight is 268 g/mol. The van der Waals surface area contributed by atoms with Crippen LogP contribution in [0.1, 0.15) is 25.7 Å². The van der Waals surface area contributed by atoms with E-state index in [0.29, 0.717) is 32.3 Å². The van der Waals surface area contributed by atoms with Crippen molar-refractivity contribution in [1.82, 2.24) is 10.6 Å². The molecule has 1 saturated carbocycles. The summed E-state index contributed by atoms with van der Waals surface area (Å²) in [7, 11) is 0. The molecule has 2 aliphatic heterocycles. The second-order valence-electron chi connectivity index (χ2n) is 6.01. The zero-order valence-corrected chi connectivity index (χ0v) is 11.5. The number of fused-ring (bicyclic) bond motifs is 1. The molecule has 1 aliphatic carbocycles. The van der Waals surface area contributed by atoms with Gasteiger partial charge in [-0.3, -0.25) is 4.79 Å². The van der Waals surface area contributed by atoms with Crippen LogP contribution in [-0.2, 0) is 14.3 Å². The molecule has 3 aliphatic rings. The van der Waals surface area contributed by atoms with Crippen LogP contribution in [-0.4, -0.2) is 51.5 Å². The minimum absolute atomic E-state index is 0.0190. The summed E-state index contributed by atoms with van der Waals surface area (Å²) in [5.41, 5.74) is -0.159. The van der Waals surface area contributed by atoms with Crippen LogP contribution >= 0.6 is 0 Å². The highest BCUT2D eigenvalue weighted by molar-refractivity contribution is 5.83. The maximum Gasteiger partial charge on any atom is 0.227 e. The zero-order chi connectivity index (χ0) is 13.1. The third-order valence-corrected chi connectivity index (χ3v) is 4.87. The summed E-state index contributed by atoms with van der Waals surface area (Å²) >= 11 is 0. The number of amides is 1. The summed E-state index contributed by atoms with van der Waals surface area (Å²) in [5, 5.41) is 6.51. The Morgan fingerprint density at radius 1 is 1.37 bits per heavy atom. The van der Waals surface area contributed by atoms with E-state index in [-0.39, 0.29) is 17.4 Å². The van der Waals surface area contributed by atoms with Crippen molar-refractivity contribution in [2.75, 3.05) is 39.5 Å². The molecule has 3 rings (SSSR count). The van der Waals surface area contributed by atoms with Crippen LogP contribution in [0.15, 0.2) is 0 Å². The Balaban J connectivity index is 1.56. The number of ether oxygens (including phenoxy) is 2. The van der Waals surface area contributed by atoms with Gasteiger partial charge in [0, 0.05) is 13.1 Å². The van der Waals surface area contributed by atoms with Crippen molar-refractivity contribution in [2.45, 2.75) is 31.8 Å². The fourth-order valence-electron chi connectivity index (χ4n) is 3.73. The molecule has 5 heteroatoms. The van der Waals surface area contributed by atoms with E-state index in [1.165, 1.54) is 19.3 Å². The van der Waals surface area contributed by atoms with Crippen LogP contribution in [0, 0.1) is 11.3 Å². The monoisotopic (exact) mass is 268 g/mol. The van der Waals surface area contributed by atoms with E-state index in [2.05, 4.69) is 10.6 Å². The van der Waals surface area contributed by atoms with Crippen molar-refractivity contribution < 1.29 is 14.3 Å². The van der Waals surface area contributed by atoms with Gasteiger partial charge in [0.2, 0.25) is 5.91 Å². The van der Waals surface area contributed by atoms with Gasteiger partial charge in [0.25, 0.3) is 0 Å². The number of hydrogen-bond acceptors (Lipinski definition) is 4. The first-order valence-electron chi connectivity index (χ1n) is 7.50. The van der Waals surface area contributed by atoms with Gasteiger partial charge < -0.3 is 20.1 Å². The zero-order valence-electron chi connectivity index (χ0n) is 11.5. The van der Waals surface area contributed by atoms with Crippen LogP contribution in [0.4, 0.5) is 0 Å². The first kappa shape index (κ1) is 13.3. The molecule has 2 N–H and O–H groups in total. The molecule has 2 heterocycles. The Morgan fingerprint density at radius 3 is 3.16 bits per heavy atom. The maximum atomic E-state index is 12.6. The number of hydrogen-bond donors (Lipinski definition) is 2. The molecule has 1 unspecified atom stereocenters. The van der Waals surface area contributed by atoms with Gasteiger partial charge in [-0.05, 0) is 25.3 Å². The van der Waals surface area contributed by atoms with Crippen LogP contribution in [0.2, 0.25) is 0 Å². The molecule has 108 valence electrons. The molecule has 0 bridgehead atoms. The number of carbonyl (C=O) groups excluding carboxylic acids is 1. The molecule has 19 heavy (non-hydrogen) atoms. The van der Waals surface area contributed by atoms with Crippen molar-refractivity contribution in [3.63, 3.8) is 0 Å². The summed E-state index contributed by atoms with van der Waals surface area (Å²) in [6.45, 7) is 4.31. The molecule has 0 spiro atoms. The van der Waals surface area contributed by atoms with Gasteiger partial charge in [0.15, 0.2) is 0 Å². The summed E-state index contributed by atoms with van der Waals surface area (Å²) in [4.78, 5) is 12.6. The molecule has 3 fully saturated rings. The van der Waals surface area contributed by atoms with Gasteiger partial charge in [0.05, 0.1) is 31.3 Å². The Bertz CT molecular complexity index is 331. The molecular formula is C14H24N2O3. The van der Waals surface area contributed by atoms with Gasteiger partial charge in [-0.2, -0.15) is 0 Å². The van der Waals surface area contributed by atoms with E-state index in [9.17, 15) is 4.79 Å². The minimum atomic E-state index is -0.159. The highest BCUT2D eigenvalue weighted by atomic mass is 16.6. The van der Waals surface area contributed by atoms with E-state index in [1.54, 1.807) is 0 Å². The molecule has 0 aromatic rings. The Kier molecular flexibility index (Phi) is 4.05. The fraction of sp³-hybridized carbons (Fsp3) is 0.929. The van der Waals surface area contributed by atoms with E-state index >= 15 is 0 Å². The predicted molar refractivity (Wildman–Crippen MR) is 70.8 cm³/mol. The fourth-order valence-corrected chi connectivity index (χ4v) is 3.73. The van der Waals surface area contributed by atoms with E-state index in [0.717, 1.165) is 19.5 Å². The van der Waals surface area contributed by atoms with Crippen LogP contribution in [0.5, 0.6) is 0 Å². The van der Waals surface area contributed by atoms with E-state index in [1.807, 2.05) is 0 Å². The number of rotatable bonds is 3. The number of nitrogens with one attached hydrogen (secondary N) is 2. The Labute approximate surface area is 114 Å². The molecule has 0 aromatic heterocycles. The summed E-state index contributed by atoms with van der Waals surface area (Å²) < 4.78 is 10.9. The van der Waals surface area contributed by atoms with Crippen molar-refractivity contribution >= 4 is 5.91 Å². The lowest BCUT2D eigenvalue weighted by Gasteiger charge is -2.37. The molecule has 1 amide bonds. The standard InChI is InChI=1S/C14H24N2O3/c17-13(16-8-12-9-18-5-6-19-12)14-4-2-1-3-11(14)7-15-10-14/h11-12,15H,1-10H2,(H,16,17)/t11-,12?,14+/m0/s1.